The minimum atomic E-state index is -0.447. The van der Waals surface area contributed by atoms with Crippen LogP contribution in [0, 0.1) is 5.41 Å². The topological polar surface area (TPSA) is 81.9 Å². The van der Waals surface area contributed by atoms with Gasteiger partial charge in [0.1, 0.15) is 5.75 Å². The number of nitrogens with zero attached hydrogens (tertiary/aromatic N) is 4. The van der Waals surface area contributed by atoms with Crippen molar-refractivity contribution in [2.45, 2.75) is 34.2 Å². The van der Waals surface area contributed by atoms with E-state index in [0.717, 1.165) is 11.4 Å². The molecule has 0 aliphatic rings. The van der Waals surface area contributed by atoms with Crippen LogP contribution in [0.25, 0.3) is 5.69 Å². The number of ether oxygens (including phenoxy) is 1. The SMILES string of the molecule is CCOc1ccc(-n2nnnc2CNC(=O)C(C)(C)C)cc1. The molecule has 2 rings (SSSR count). The van der Waals surface area contributed by atoms with Crippen LogP contribution in [0.15, 0.2) is 24.3 Å². The standard InChI is InChI=1S/C15H21N5O2/c1-5-22-12-8-6-11(7-9-12)20-13(17-18-19-20)10-16-14(21)15(2,3)4/h6-9H,5,10H2,1-4H3,(H,16,21). The smallest absolute Gasteiger partial charge is 0.225 e. The molecule has 2 aromatic rings. The number of amides is 1. The molecule has 1 amide bonds. The van der Waals surface area contributed by atoms with E-state index >= 15 is 0 Å². The molecule has 1 heterocycles. The second-order valence-corrected chi connectivity index (χ2v) is 5.87. The summed E-state index contributed by atoms with van der Waals surface area (Å²) in [7, 11) is 0. The van der Waals surface area contributed by atoms with E-state index in [4.69, 9.17) is 4.74 Å². The summed E-state index contributed by atoms with van der Waals surface area (Å²) in [5.41, 5.74) is 0.366. The molecule has 0 radical (unpaired) electrons. The Morgan fingerprint density at radius 3 is 2.55 bits per heavy atom. The first-order chi connectivity index (χ1) is 10.4. The lowest BCUT2D eigenvalue weighted by molar-refractivity contribution is -0.128. The minimum absolute atomic E-state index is 0.0475. The van der Waals surface area contributed by atoms with Gasteiger partial charge in [0.2, 0.25) is 5.91 Å². The van der Waals surface area contributed by atoms with E-state index < -0.39 is 5.41 Å². The van der Waals surface area contributed by atoms with Gasteiger partial charge < -0.3 is 10.1 Å². The zero-order chi connectivity index (χ0) is 16.2. The third kappa shape index (κ3) is 3.81. The molecule has 1 N–H and O–H groups in total. The zero-order valence-electron chi connectivity index (χ0n) is 13.3. The van der Waals surface area contributed by atoms with Crippen LogP contribution in [0.4, 0.5) is 0 Å². The number of nitrogens with one attached hydrogen (secondary N) is 1. The highest BCUT2D eigenvalue weighted by Crippen LogP contribution is 2.16. The molecule has 0 aliphatic heterocycles. The third-order valence-corrected chi connectivity index (χ3v) is 3.01. The van der Waals surface area contributed by atoms with Crippen LogP contribution in [-0.4, -0.2) is 32.7 Å². The average molecular weight is 303 g/mol. The highest BCUT2D eigenvalue weighted by atomic mass is 16.5. The Bertz CT molecular complexity index is 628. The molecule has 1 aromatic heterocycles. The first-order valence-electron chi connectivity index (χ1n) is 7.20. The second kappa shape index (κ2) is 6.55. The zero-order valence-corrected chi connectivity index (χ0v) is 13.3. The van der Waals surface area contributed by atoms with Gasteiger partial charge in [0, 0.05) is 5.41 Å². The fourth-order valence-electron chi connectivity index (χ4n) is 1.79. The number of aromatic nitrogens is 4. The van der Waals surface area contributed by atoms with Crippen molar-refractivity contribution in [3.8, 4) is 11.4 Å². The molecule has 0 atom stereocenters. The second-order valence-electron chi connectivity index (χ2n) is 5.87. The normalized spacial score (nSPS) is 11.3. The van der Waals surface area contributed by atoms with Gasteiger partial charge in [-0.15, -0.1) is 5.10 Å². The summed E-state index contributed by atoms with van der Waals surface area (Å²) >= 11 is 0. The largest absolute Gasteiger partial charge is 0.494 e. The van der Waals surface area contributed by atoms with Gasteiger partial charge >= 0.3 is 0 Å². The van der Waals surface area contributed by atoms with Crippen molar-refractivity contribution in [1.29, 1.82) is 0 Å². The molecular formula is C15H21N5O2. The van der Waals surface area contributed by atoms with Crippen LogP contribution >= 0.6 is 0 Å². The van der Waals surface area contributed by atoms with E-state index in [2.05, 4.69) is 20.8 Å². The number of carbonyl (C=O) groups excluding carboxylic acids is 1. The van der Waals surface area contributed by atoms with Crippen molar-refractivity contribution >= 4 is 5.91 Å². The maximum Gasteiger partial charge on any atom is 0.225 e. The summed E-state index contributed by atoms with van der Waals surface area (Å²) in [5, 5.41) is 14.4. The fourth-order valence-corrected chi connectivity index (χ4v) is 1.79. The molecule has 0 bridgehead atoms. The predicted octanol–water partition coefficient (Wildman–Crippen LogP) is 1.72. The van der Waals surface area contributed by atoms with Gasteiger partial charge in [-0.1, -0.05) is 20.8 Å². The summed E-state index contributed by atoms with van der Waals surface area (Å²) in [6, 6.07) is 7.46. The van der Waals surface area contributed by atoms with Gasteiger partial charge in [-0.25, -0.2) is 0 Å². The van der Waals surface area contributed by atoms with Gasteiger partial charge in [-0.05, 0) is 41.6 Å². The minimum Gasteiger partial charge on any atom is -0.494 e. The molecule has 0 fully saturated rings. The number of hydrogen-bond donors (Lipinski definition) is 1. The Kier molecular flexibility index (Phi) is 4.75. The van der Waals surface area contributed by atoms with E-state index in [-0.39, 0.29) is 12.5 Å². The monoisotopic (exact) mass is 303 g/mol. The maximum absolute atomic E-state index is 11.9. The molecule has 0 aliphatic carbocycles. The summed E-state index contributed by atoms with van der Waals surface area (Å²) < 4.78 is 7.00. The van der Waals surface area contributed by atoms with Gasteiger partial charge in [0.05, 0.1) is 18.8 Å². The lowest BCUT2D eigenvalue weighted by atomic mass is 9.96. The van der Waals surface area contributed by atoms with E-state index in [1.54, 1.807) is 4.68 Å². The van der Waals surface area contributed by atoms with Gasteiger partial charge in [0.15, 0.2) is 5.82 Å². The quantitative estimate of drug-likeness (QED) is 0.909. The summed E-state index contributed by atoms with van der Waals surface area (Å²) in [5.74, 6) is 1.32. The van der Waals surface area contributed by atoms with Crippen molar-refractivity contribution in [2.75, 3.05) is 6.61 Å². The molecule has 7 nitrogen and oxygen atoms in total. The van der Waals surface area contributed by atoms with Crippen LogP contribution < -0.4 is 10.1 Å². The molecule has 0 saturated heterocycles. The number of carbonyl (C=O) groups is 1. The first kappa shape index (κ1) is 15.9. The molecule has 118 valence electrons. The van der Waals surface area contributed by atoms with E-state index in [0.29, 0.717) is 12.4 Å². The maximum atomic E-state index is 11.9. The lowest BCUT2D eigenvalue weighted by Gasteiger charge is -2.17. The lowest BCUT2D eigenvalue weighted by Crippen LogP contribution is -2.35. The Labute approximate surface area is 129 Å². The van der Waals surface area contributed by atoms with Crippen molar-refractivity contribution in [1.82, 2.24) is 25.5 Å². The Morgan fingerprint density at radius 2 is 1.95 bits per heavy atom. The number of tetrazole rings is 1. The predicted molar refractivity (Wildman–Crippen MR) is 81.6 cm³/mol. The highest BCUT2D eigenvalue weighted by Gasteiger charge is 2.21. The molecule has 0 unspecified atom stereocenters. The molecule has 7 heteroatoms. The first-order valence-corrected chi connectivity index (χ1v) is 7.20. The van der Waals surface area contributed by atoms with Crippen LogP contribution in [0.1, 0.15) is 33.5 Å². The van der Waals surface area contributed by atoms with Crippen molar-refractivity contribution in [3.05, 3.63) is 30.1 Å². The van der Waals surface area contributed by atoms with E-state index in [1.807, 2.05) is 52.0 Å². The van der Waals surface area contributed by atoms with Gasteiger partial charge in [-0.2, -0.15) is 4.68 Å². The fraction of sp³-hybridized carbons (Fsp3) is 0.467. The number of benzene rings is 1. The van der Waals surface area contributed by atoms with Crippen molar-refractivity contribution in [2.24, 2.45) is 5.41 Å². The van der Waals surface area contributed by atoms with Crippen LogP contribution in [-0.2, 0) is 11.3 Å². The highest BCUT2D eigenvalue weighted by molar-refractivity contribution is 5.81. The summed E-state index contributed by atoms with van der Waals surface area (Å²) in [6.45, 7) is 8.41. The Morgan fingerprint density at radius 1 is 1.27 bits per heavy atom. The molecular weight excluding hydrogens is 282 g/mol. The third-order valence-electron chi connectivity index (χ3n) is 3.01. The number of hydrogen-bond acceptors (Lipinski definition) is 5. The molecule has 0 spiro atoms. The summed E-state index contributed by atoms with van der Waals surface area (Å²) in [4.78, 5) is 11.9. The molecule has 1 aromatic carbocycles. The van der Waals surface area contributed by atoms with Crippen LogP contribution in [0.3, 0.4) is 0 Å². The average Bonchev–Trinajstić information content (AvgIpc) is 2.93. The van der Waals surface area contributed by atoms with Crippen LogP contribution in [0.5, 0.6) is 5.75 Å². The van der Waals surface area contributed by atoms with E-state index in [9.17, 15) is 4.79 Å². The summed E-state index contributed by atoms with van der Waals surface area (Å²) in [6.07, 6.45) is 0. The molecule has 0 saturated carbocycles. The Balaban J connectivity index is 2.10. The number of rotatable bonds is 5. The van der Waals surface area contributed by atoms with Crippen molar-refractivity contribution < 1.29 is 9.53 Å². The van der Waals surface area contributed by atoms with Crippen molar-refractivity contribution in [3.63, 3.8) is 0 Å². The van der Waals surface area contributed by atoms with Gasteiger partial charge in [-0.3, -0.25) is 4.79 Å². The Hall–Kier alpha value is -2.44. The van der Waals surface area contributed by atoms with Crippen LogP contribution in [0.2, 0.25) is 0 Å². The van der Waals surface area contributed by atoms with Gasteiger partial charge in [0.25, 0.3) is 0 Å². The van der Waals surface area contributed by atoms with E-state index in [1.165, 1.54) is 0 Å². The molecule has 22 heavy (non-hydrogen) atoms.